The summed E-state index contributed by atoms with van der Waals surface area (Å²) in [6, 6.07) is 9.38. The van der Waals surface area contributed by atoms with Gasteiger partial charge in [-0.05, 0) is 43.9 Å². The highest BCUT2D eigenvalue weighted by molar-refractivity contribution is 5.32. The Hall–Kier alpha value is -0.860. The zero-order chi connectivity index (χ0) is 13.9. The number of aliphatic hydroxyl groups excluding tert-OH is 1. The minimum Gasteiger partial charge on any atom is -0.387 e. The fraction of sp³-hybridized carbons (Fsp3) is 0.667. The van der Waals surface area contributed by atoms with Crippen LogP contribution < -0.4 is 0 Å². The largest absolute Gasteiger partial charge is 0.387 e. The van der Waals surface area contributed by atoms with Gasteiger partial charge in [0.1, 0.15) is 0 Å². The van der Waals surface area contributed by atoms with Gasteiger partial charge in [0.05, 0.1) is 6.10 Å². The molecule has 1 N–H and O–H groups in total. The van der Waals surface area contributed by atoms with Crippen LogP contribution in [0.25, 0.3) is 0 Å². The van der Waals surface area contributed by atoms with E-state index in [0.717, 1.165) is 18.4 Å². The molecule has 1 saturated carbocycles. The van der Waals surface area contributed by atoms with Gasteiger partial charge in [-0.15, -0.1) is 0 Å². The van der Waals surface area contributed by atoms with Crippen molar-refractivity contribution in [2.24, 2.45) is 0 Å². The van der Waals surface area contributed by atoms with E-state index >= 15 is 0 Å². The second kappa shape index (κ2) is 6.28. The summed E-state index contributed by atoms with van der Waals surface area (Å²) in [5.41, 5.74) is 2.50. The molecule has 2 heteroatoms. The third-order valence-electron chi connectivity index (χ3n) is 5.37. The molecule has 20 heavy (non-hydrogen) atoms. The summed E-state index contributed by atoms with van der Waals surface area (Å²) in [5.74, 6) is 0. The van der Waals surface area contributed by atoms with Crippen LogP contribution in [0, 0.1) is 0 Å². The minimum absolute atomic E-state index is 0.299. The second-order valence-corrected chi connectivity index (χ2v) is 6.56. The van der Waals surface area contributed by atoms with Gasteiger partial charge in [-0.2, -0.15) is 0 Å². The van der Waals surface area contributed by atoms with E-state index in [1.807, 2.05) is 0 Å². The lowest BCUT2D eigenvalue weighted by Crippen LogP contribution is -2.45. The normalized spacial score (nSPS) is 28.1. The van der Waals surface area contributed by atoms with Crippen molar-refractivity contribution in [3.63, 3.8) is 0 Å². The van der Waals surface area contributed by atoms with E-state index in [9.17, 15) is 5.11 Å². The number of aliphatic hydroxyl groups is 1. The second-order valence-electron chi connectivity index (χ2n) is 6.56. The molecule has 2 atom stereocenters. The molecule has 2 aliphatic rings. The Balaban J connectivity index is 1.74. The predicted molar refractivity (Wildman–Crippen MR) is 82.8 cm³/mol. The van der Waals surface area contributed by atoms with Crippen molar-refractivity contribution in [2.75, 3.05) is 7.05 Å². The van der Waals surface area contributed by atoms with Gasteiger partial charge >= 0.3 is 0 Å². The van der Waals surface area contributed by atoms with Gasteiger partial charge < -0.3 is 5.11 Å². The highest BCUT2D eigenvalue weighted by Crippen LogP contribution is 2.34. The molecule has 0 aromatic heterocycles. The van der Waals surface area contributed by atoms with E-state index in [1.54, 1.807) is 0 Å². The van der Waals surface area contributed by atoms with Crippen molar-refractivity contribution in [1.82, 2.24) is 4.90 Å². The number of fused-ring (bicyclic) bond motifs is 1. The van der Waals surface area contributed by atoms with Gasteiger partial charge in [-0.1, -0.05) is 49.9 Å². The molecule has 0 heterocycles. The highest BCUT2D eigenvalue weighted by Gasteiger charge is 2.33. The van der Waals surface area contributed by atoms with Gasteiger partial charge in [0.2, 0.25) is 0 Å². The first kappa shape index (κ1) is 14.1. The Bertz CT molecular complexity index is 437. The topological polar surface area (TPSA) is 23.5 Å². The fourth-order valence-corrected chi connectivity index (χ4v) is 4.08. The number of aryl methyl sites for hydroxylation is 1. The molecule has 0 amide bonds. The molecule has 1 aromatic carbocycles. The van der Waals surface area contributed by atoms with Crippen molar-refractivity contribution >= 4 is 0 Å². The zero-order valence-electron chi connectivity index (χ0n) is 12.6. The average Bonchev–Trinajstić information content (AvgIpc) is 2.76. The van der Waals surface area contributed by atoms with Crippen LogP contribution in [0.4, 0.5) is 0 Å². The number of benzene rings is 1. The summed E-state index contributed by atoms with van der Waals surface area (Å²) >= 11 is 0. The van der Waals surface area contributed by atoms with Crippen LogP contribution in [0.1, 0.15) is 62.2 Å². The Morgan fingerprint density at radius 1 is 1.00 bits per heavy atom. The van der Waals surface area contributed by atoms with E-state index < -0.39 is 0 Å². The molecule has 0 aliphatic heterocycles. The third kappa shape index (κ3) is 2.77. The zero-order valence-corrected chi connectivity index (χ0v) is 12.6. The molecule has 110 valence electrons. The Kier molecular flexibility index (Phi) is 4.42. The van der Waals surface area contributed by atoms with Crippen molar-refractivity contribution < 1.29 is 5.11 Å². The van der Waals surface area contributed by atoms with Crippen LogP contribution in [0.15, 0.2) is 24.3 Å². The molecule has 2 unspecified atom stereocenters. The molecule has 0 bridgehead atoms. The molecule has 0 radical (unpaired) electrons. The van der Waals surface area contributed by atoms with Crippen LogP contribution in [0.2, 0.25) is 0 Å². The summed E-state index contributed by atoms with van der Waals surface area (Å²) in [5, 5.41) is 10.8. The van der Waals surface area contributed by atoms with Crippen LogP contribution in [-0.2, 0) is 6.42 Å². The molecule has 2 nitrogen and oxygen atoms in total. The molecule has 1 fully saturated rings. The minimum atomic E-state index is -0.312. The molecular weight excluding hydrogens is 246 g/mol. The monoisotopic (exact) mass is 273 g/mol. The number of rotatable bonds is 2. The van der Waals surface area contributed by atoms with E-state index in [4.69, 9.17) is 0 Å². The summed E-state index contributed by atoms with van der Waals surface area (Å²) in [7, 11) is 2.23. The van der Waals surface area contributed by atoms with Crippen LogP contribution in [-0.4, -0.2) is 29.1 Å². The number of nitrogens with zero attached hydrogens (tertiary/aromatic N) is 1. The van der Waals surface area contributed by atoms with Gasteiger partial charge in [-0.3, -0.25) is 4.90 Å². The fourth-order valence-electron chi connectivity index (χ4n) is 4.08. The summed E-state index contributed by atoms with van der Waals surface area (Å²) in [6.45, 7) is 0. The van der Waals surface area contributed by atoms with Gasteiger partial charge in [0, 0.05) is 12.1 Å². The molecule has 0 saturated heterocycles. The molecular formula is C18H27NO. The maximum Gasteiger partial charge on any atom is 0.0947 e. The van der Waals surface area contributed by atoms with Crippen LogP contribution in [0.5, 0.6) is 0 Å². The molecule has 0 spiro atoms. The molecule has 3 rings (SSSR count). The first-order chi connectivity index (χ1) is 9.77. The van der Waals surface area contributed by atoms with Crippen molar-refractivity contribution in [1.29, 1.82) is 0 Å². The predicted octanol–water partition coefficient (Wildman–Crippen LogP) is 3.69. The Morgan fingerprint density at radius 2 is 1.70 bits per heavy atom. The Morgan fingerprint density at radius 3 is 2.45 bits per heavy atom. The van der Waals surface area contributed by atoms with Crippen LogP contribution in [0.3, 0.4) is 0 Å². The SMILES string of the molecule is CN(C1CCCCCC1)C1CCc2ccccc2C1O. The van der Waals surface area contributed by atoms with Gasteiger partial charge in [-0.25, -0.2) is 0 Å². The molecule has 1 aromatic rings. The highest BCUT2D eigenvalue weighted by atomic mass is 16.3. The average molecular weight is 273 g/mol. The lowest BCUT2D eigenvalue weighted by atomic mass is 9.84. The lowest BCUT2D eigenvalue weighted by Gasteiger charge is -2.40. The van der Waals surface area contributed by atoms with Crippen molar-refractivity contribution in [3.8, 4) is 0 Å². The maximum absolute atomic E-state index is 10.8. The first-order valence-electron chi connectivity index (χ1n) is 8.25. The Labute approximate surface area is 122 Å². The van der Waals surface area contributed by atoms with Gasteiger partial charge in [0.25, 0.3) is 0 Å². The number of likely N-dealkylation sites (N-methyl/N-ethyl adjacent to an activating group) is 1. The summed E-state index contributed by atoms with van der Waals surface area (Å²) in [4.78, 5) is 2.49. The van der Waals surface area contributed by atoms with Crippen LogP contribution >= 0.6 is 0 Å². The first-order valence-corrected chi connectivity index (χ1v) is 8.25. The van der Waals surface area contributed by atoms with E-state index in [2.05, 4.69) is 36.2 Å². The smallest absolute Gasteiger partial charge is 0.0947 e. The van der Waals surface area contributed by atoms with E-state index in [1.165, 1.54) is 44.1 Å². The maximum atomic E-state index is 10.8. The van der Waals surface area contributed by atoms with Gasteiger partial charge in [0.15, 0.2) is 0 Å². The molecule has 2 aliphatic carbocycles. The number of hydrogen-bond donors (Lipinski definition) is 1. The number of hydrogen-bond acceptors (Lipinski definition) is 2. The standard InChI is InChI=1S/C18H27NO/c1-19(15-9-4-2-3-5-10-15)17-13-12-14-8-6-7-11-16(14)18(17)20/h6-8,11,15,17-18,20H,2-5,9-10,12-13H2,1H3. The summed E-state index contributed by atoms with van der Waals surface area (Å²) in [6.07, 6.45) is 9.99. The lowest BCUT2D eigenvalue weighted by molar-refractivity contribution is 0.0241. The van der Waals surface area contributed by atoms with Crippen molar-refractivity contribution in [2.45, 2.75) is 69.6 Å². The van der Waals surface area contributed by atoms with E-state index in [0.29, 0.717) is 12.1 Å². The quantitative estimate of drug-likeness (QED) is 0.831. The third-order valence-corrected chi connectivity index (χ3v) is 5.37. The van der Waals surface area contributed by atoms with Crippen molar-refractivity contribution in [3.05, 3.63) is 35.4 Å². The summed E-state index contributed by atoms with van der Waals surface area (Å²) < 4.78 is 0. The van der Waals surface area contributed by atoms with E-state index in [-0.39, 0.29) is 6.10 Å².